The van der Waals surface area contributed by atoms with Gasteiger partial charge in [-0.2, -0.15) is 8.42 Å². The number of carbonyl (C=O) groups excluding carboxylic acids is 2. The van der Waals surface area contributed by atoms with Crippen LogP contribution in [-0.4, -0.2) is 39.1 Å². The van der Waals surface area contributed by atoms with Crippen molar-refractivity contribution in [1.82, 2.24) is 5.32 Å². The van der Waals surface area contributed by atoms with Gasteiger partial charge >= 0.3 is 22.2 Å². The number of hydrogen-bond acceptors (Lipinski definition) is 9. The van der Waals surface area contributed by atoms with Gasteiger partial charge < -0.3 is 13.7 Å². The molecule has 11 nitrogen and oxygen atoms in total. The van der Waals surface area contributed by atoms with Gasteiger partial charge in [-0.15, -0.1) is 0 Å². The Hall–Kier alpha value is -3.15. The van der Waals surface area contributed by atoms with Gasteiger partial charge in [-0.25, -0.2) is 9.59 Å². The summed E-state index contributed by atoms with van der Waals surface area (Å²) in [4.78, 5) is 32.6. The highest BCUT2D eigenvalue weighted by Gasteiger charge is 2.31. The van der Waals surface area contributed by atoms with Crippen LogP contribution in [0.2, 0.25) is 0 Å². The lowest BCUT2D eigenvalue weighted by atomic mass is 10.3. The van der Waals surface area contributed by atoms with Gasteiger partial charge in [0.05, 0.1) is 24.3 Å². The molecule has 0 fully saturated rings. The van der Waals surface area contributed by atoms with Crippen LogP contribution >= 0.6 is 0 Å². The standard InChI is InChI=1S/C14H16N2O9S/c1-4-24-13(17)12(9(2)15-14(18)23-3)25-26(21,22)11-8-6-5-7-10(11)16(19)20/h5-8H,4H2,1-3H3,(H,15,18)/b12-9+. The van der Waals surface area contributed by atoms with Crippen molar-refractivity contribution in [2.45, 2.75) is 18.7 Å². The molecule has 1 aromatic rings. The molecule has 0 unspecified atom stereocenters. The Balaban J connectivity index is 3.38. The predicted octanol–water partition coefficient (Wildman–Crippen LogP) is 1.45. The molecule has 0 aliphatic carbocycles. The Morgan fingerprint density at radius 1 is 1.27 bits per heavy atom. The number of nitrogens with zero attached hydrogens (tertiary/aromatic N) is 1. The summed E-state index contributed by atoms with van der Waals surface area (Å²) in [6.07, 6.45) is -0.990. The van der Waals surface area contributed by atoms with Crippen LogP contribution in [0.1, 0.15) is 13.8 Å². The lowest BCUT2D eigenvalue weighted by Gasteiger charge is -2.13. The number of para-hydroxylation sites is 1. The highest BCUT2D eigenvalue weighted by Crippen LogP contribution is 2.27. The van der Waals surface area contributed by atoms with Crippen LogP contribution in [0.3, 0.4) is 0 Å². The van der Waals surface area contributed by atoms with Crippen molar-refractivity contribution < 1.29 is 36.6 Å². The molecule has 1 N–H and O–H groups in total. The molecule has 142 valence electrons. The SMILES string of the molecule is CCOC(=O)/C(OS(=O)(=O)c1ccccc1[N+](=O)[O-])=C(/C)NC(=O)OC. The minimum absolute atomic E-state index is 0.108. The van der Waals surface area contributed by atoms with E-state index in [0.29, 0.717) is 0 Å². The van der Waals surface area contributed by atoms with Gasteiger partial charge in [-0.1, -0.05) is 12.1 Å². The number of nitrogens with one attached hydrogen (secondary N) is 1. The Morgan fingerprint density at radius 3 is 2.42 bits per heavy atom. The van der Waals surface area contributed by atoms with Gasteiger partial charge in [0.15, 0.2) is 4.90 Å². The summed E-state index contributed by atoms with van der Waals surface area (Å²) >= 11 is 0. The molecular weight excluding hydrogens is 372 g/mol. The summed E-state index contributed by atoms with van der Waals surface area (Å²) in [6.45, 7) is 2.52. The average molecular weight is 388 g/mol. The minimum atomic E-state index is -4.78. The maximum atomic E-state index is 12.4. The van der Waals surface area contributed by atoms with Crippen LogP contribution in [0, 0.1) is 10.1 Å². The molecule has 0 aliphatic heterocycles. The molecule has 0 heterocycles. The van der Waals surface area contributed by atoms with Crippen molar-refractivity contribution in [3.05, 3.63) is 45.8 Å². The number of ether oxygens (including phenoxy) is 2. The number of alkyl carbamates (subject to hydrolysis) is 1. The number of nitro benzene ring substituents is 1. The van der Waals surface area contributed by atoms with Gasteiger partial charge in [0.2, 0.25) is 5.76 Å². The van der Waals surface area contributed by atoms with E-state index in [2.05, 4.69) is 14.8 Å². The van der Waals surface area contributed by atoms with E-state index in [9.17, 15) is 28.1 Å². The molecule has 0 aliphatic rings. The normalized spacial score (nSPS) is 11.8. The molecule has 0 saturated carbocycles. The van der Waals surface area contributed by atoms with Crippen LogP contribution in [0.15, 0.2) is 40.6 Å². The van der Waals surface area contributed by atoms with Crippen molar-refractivity contribution in [3.63, 3.8) is 0 Å². The molecule has 1 aromatic carbocycles. The van der Waals surface area contributed by atoms with Gasteiger partial charge in [-0.05, 0) is 19.9 Å². The number of methoxy groups -OCH3 is 1. The van der Waals surface area contributed by atoms with E-state index in [4.69, 9.17) is 4.18 Å². The first kappa shape index (κ1) is 20.9. The number of carbonyl (C=O) groups is 2. The monoisotopic (exact) mass is 388 g/mol. The molecule has 0 bridgehead atoms. The number of nitro groups is 1. The Bertz CT molecular complexity index is 846. The van der Waals surface area contributed by atoms with Crippen molar-refractivity contribution >= 4 is 27.9 Å². The zero-order valence-corrected chi connectivity index (χ0v) is 14.9. The third kappa shape index (κ3) is 5.17. The van der Waals surface area contributed by atoms with Gasteiger partial charge in [0, 0.05) is 6.07 Å². The van der Waals surface area contributed by atoms with Crippen LogP contribution in [0.25, 0.3) is 0 Å². The number of benzene rings is 1. The van der Waals surface area contributed by atoms with Crippen LogP contribution in [0.5, 0.6) is 0 Å². The Kier molecular flexibility index (Phi) is 7.07. The summed E-state index contributed by atoms with van der Waals surface area (Å²) in [5.41, 5.74) is -1.06. The van der Waals surface area contributed by atoms with E-state index in [1.807, 2.05) is 0 Å². The molecule has 1 amide bonds. The maximum Gasteiger partial charge on any atom is 0.411 e. The zero-order valence-electron chi connectivity index (χ0n) is 14.0. The second kappa shape index (κ2) is 8.80. The summed E-state index contributed by atoms with van der Waals surface area (Å²) < 4.78 is 38.6. The molecule has 26 heavy (non-hydrogen) atoms. The number of allylic oxidation sites excluding steroid dienone is 1. The predicted molar refractivity (Wildman–Crippen MR) is 86.2 cm³/mol. The van der Waals surface area contributed by atoms with Crippen LogP contribution in [-0.2, 0) is 28.6 Å². The molecule has 12 heteroatoms. The first-order valence-electron chi connectivity index (χ1n) is 7.04. The van der Waals surface area contributed by atoms with Crippen LogP contribution < -0.4 is 5.32 Å². The summed E-state index contributed by atoms with van der Waals surface area (Å²) in [7, 11) is -3.73. The highest BCUT2D eigenvalue weighted by atomic mass is 32.2. The van der Waals surface area contributed by atoms with Crippen molar-refractivity contribution in [1.29, 1.82) is 0 Å². The molecule has 0 spiro atoms. The van der Waals surface area contributed by atoms with Crippen molar-refractivity contribution in [2.75, 3.05) is 13.7 Å². The van der Waals surface area contributed by atoms with Crippen molar-refractivity contribution in [2.24, 2.45) is 0 Å². The molecular formula is C14H16N2O9S. The molecule has 0 atom stereocenters. The molecule has 0 saturated heterocycles. The highest BCUT2D eigenvalue weighted by molar-refractivity contribution is 7.87. The Labute approximate surface area is 148 Å². The number of rotatable bonds is 7. The largest absolute Gasteiger partial charge is 0.460 e. The molecule has 0 radical (unpaired) electrons. The van der Waals surface area contributed by atoms with E-state index in [-0.39, 0.29) is 12.3 Å². The van der Waals surface area contributed by atoms with E-state index < -0.39 is 43.4 Å². The average Bonchev–Trinajstić information content (AvgIpc) is 2.59. The second-order valence-electron chi connectivity index (χ2n) is 4.55. The fraction of sp³-hybridized carbons (Fsp3) is 0.286. The fourth-order valence-corrected chi connectivity index (χ4v) is 2.83. The second-order valence-corrected chi connectivity index (χ2v) is 6.07. The topological polar surface area (TPSA) is 151 Å². The number of amides is 1. The molecule has 1 rings (SSSR count). The molecule has 0 aromatic heterocycles. The smallest absolute Gasteiger partial charge is 0.411 e. The lowest BCUT2D eigenvalue weighted by molar-refractivity contribution is -0.387. The van der Waals surface area contributed by atoms with Gasteiger partial charge in [0.25, 0.3) is 5.69 Å². The Morgan fingerprint density at radius 2 is 1.88 bits per heavy atom. The van der Waals surface area contributed by atoms with E-state index in [1.165, 1.54) is 19.1 Å². The fourth-order valence-electron chi connectivity index (χ4n) is 1.68. The summed E-state index contributed by atoms with van der Waals surface area (Å²) in [5, 5.41) is 13.1. The lowest BCUT2D eigenvalue weighted by Crippen LogP contribution is -2.26. The first-order chi connectivity index (χ1) is 12.1. The number of esters is 1. The summed E-state index contributed by atoms with van der Waals surface area (Å²) in [5.74, 6) is -2.06. The minimum Gasteiger partial charge on any atom is -0.460 e. The number of hydrogen-bond donors (Lipinski definition) is 1. The van der Waals surface area contributed by atoms with E-state index in [0.717, 1.165) is 26.2 Å². The van der Waals surface area contributed by atoms with Gasteiger partial charge in [-0.3, -0.25) is 15.4 Å². The van der Waals surface area contributed by atoms with Gasteiger partial charge in [0.1, 0.15) is 0 Å². The van der Waals surface area contributed by atoms with E-state index >= 15 is 0 Å². The zero-order chi connectivity index (χ0) is 19.9. The van der Waals surface area contributed by atoms with Crippen molar-refractivity contribution in [3.8, 4) is 0 Å². The van der Waals surface area contributed by atoms with E-state index in [1.54, 1.807) is 0 Å². The third-order valence-corrected chi connectivity index (χ3v) is 4.07. The first-order valence-corrected chi connectivity index (χ1v) is 8.45. The van der Waals surface area contributed by atoms with Crippen LogP contribution in [0.4, 0.5) is 10.5 Å². The third-order valence-electron chi connectivity index (χ3n) is 2.80. The summed E-state index contributed by atoms with van der Waals surface area (Å²) in [6, 6.07) is 4.42. The quantitative estimate of drug-likeness (QED) is 0.183. The maximum absolute atomic E-state index is 12.4.